The Bertz CT molecular complexity index is 967. The van der Waals surface area contributed by atoms with Gasteiger partial charge in [0.2, 0.25) is 5.91 Å². The number of ether oxygens (including phenoxy) is 2. The summed E-state index contributed by atoms with van der Waals surface area (Å²) in [6.07, 6.45) is -5.26. The molecule has 2 heterocycles. The lowest BCUT2D eigenvalue weighted by molar-refractivity contribution is -0.160. The first-order chi connectivity index (χ1) is 15.4. The lowest BCUT2D eigenvalue weighted by Crippen LogP contribution is -2.41. The van der Waals surface area contributed by atoms with E-state index in [0.29, 0.717) is 0 Å². The lowest BCUT2D eigenvalue weighted by atomic mass is 10.1. The molecule has 16 heteroatoms. The Morgan fingerprint density at radius 2 is 1.79 bits per heavy atom. The molecule has 0 aliphatic carbocycles. The highest BCUT2D eigenvalue weighted by atomic mass is 16.6. The van der Waals surface area contributed by atoms with Gasteiger partial charge in [-0.25, -0.2) is 4.79 Å². The molecule has 1 fully saturated rings. The Morgan fingerprint density at radius 1 is 1.18 bits per heavy atom. The summed E-state index contributed by atoms with van der Waals surface area (Å²) in [7, 11) is 0. The summed E-state index contributed by atoms with van der Waals surface area (Å²) in [6.45, 7) is -0.827. The van der Waals surface area contributed by atoms with E-state index in [4.69, 9.17) is 31.2 Å². The molecule has 1 saturated heterocycles. The van der Waals surface area contributed by atoms with E-state index in [-0.39, 0.29) is 5.82 Å². The number of hydrogen-bond donors (Lipinski definition) is 7. The zero-order valence-corrected chi connectivity index (χ0v) is 16.9. The summed E-state index contributed by atoms with van der Waals surface area (Å²) in [5.41, 5.74) is 9.61. The SMILES string of the molecule is NC(CC(=O)OC(C(O)CO)C1OC1n1ccc(NC(=O)C[C@H](N)C(=O)O)nc1=O)C(=O)O. The second-order valence-electron chi connectivity index (χ2n) is 7.04. The number of nitrogens with zero attached hydrogens (tertiary/aromatic N) is 2. The molecule has 0 aromatic carbocycles. The molecule has 9 N–H and O–H groups in total. The van der Waals surface area contributed by atoms with Crippen LogP contribution in [0.1, 0.15) is 19.1 Å². The fraction of sp³-hybridized carbons (Fsp3) is 0.529. The molecule has 1 aliphatic rings. The van der Waals surface area contributed by atoms with Crippen LogP contribution in [0.4, 0.5) is 5.82 Å². The standard InChI is InChI=1S/C17H23N5O11/c18-6(15(27)28)3-10(25)20-9-1-2-22(17(31)21-9)14-13(33-14)12(8(24)5-23)32-11(26)4-7(19)16(29)30/h1-2,6-8,12-14,23-24H,3-5,18-19H2,(H,27,28)(H,29,30)(H,20,21,25,31)/t6-,7?,8?,12?,13?,14?/m0/s1. The van der Waals surface area contributed by atoms with Gasteiger partial charge in [-0.1, -0.05) is 0 Å². The van der Waals surface area contributed by atoms with Gasteiger partial charge in [-0.2, -0.15) is 4.98 Å². The maximum absolute atomic E-state index is 12.3. The Balaban J connectivity index is 2.05. The van der Waals surface area contributed by atoms with E-state index >= 15 is 0 Å². The van der Waals surface area contributed by atoms with Crippen LogP contribution in [0, 0.1) is 0 Å². The molecule has 1 aromatic rings. The van der Waals surface area contributed by atoms with Crippen molar-refractivity contribution in [2.45, 2.75) is 49.5 Å². The number of carboxylic acid groups (broad SMARTS) is 2. The average Bonchev–Trinajstić information content (AvgIpc) is 3.51. The number of carbonyl (C=O) groups excluding carboxylic acids is 2. The number of aromatic nitrogens is 2. The number of aliphatic hydroxyl groups excluding tert-OH is 2. The molecule has 1 aliphatic heterocycles. The second-order valence-corrected chi connectivity index (χ2v) is 7.04. The van der Waals surface area contributed by atoms with Gasteiger partial charge in [0.25, 0.3) is 0 Å². The van der Waals surface area contributed by atoms with Gasteiger partial charge in [0.05, 0.1) is 19.4 Å². The van der Waals surface area contributed by atoms with Crippen LogP contribution >= 0.6 is 0 Å². The normalized spacial score (nSPS) is 20.7. The van der Waals surface area contributed by atoms with Gasteiger partial charge in [-0.3, -0.25) is 23.7 Å². The van der Waals surface area contributed by atoms with E-state index in [9.17, 15) is 34.2 Å². The molecule has 33 heavy (non-hydrogen) atoms. The Morgan fingerprint density at radius 3 is 2.33 bits per heavy atom. The summed E-state index contributed by atoms with van der Waals surface area (Å²) in [5, 5.41) is 38.8. The molecule has 16 nitrogen and oxygen atoms in total. The minimum Gasteiger partial charge on any atom is -0.480 e. The quantitative estimate of drug-likeness (QED) is 0.112. The number of aliphatic carboxylic acids is 2. The van der Waals surface area contributed by atoms with Gasteiger partial charge in [-0.05, 0) is 6.07 Å². The van der Waals surface area contributed by atoms with E-state index in [1.807, 2.05) is 0 Å². The molecule has 0 spiro atoms. The zero-order chi connectivity index (χ0) is 24.9. The summed E-state index contributed by atoms with van der Waals surface area (Å²) >= 11 is 0. The highest BCUT2D eigenvalue weighted by molar-refractivity contribution is 5.93. The van der Waals surface area contributed by atoms with Crippen LogP contribution in [-0.4, -0.2) is 90.8 Å². The number of carbonyl (C=O) groups is 4. The number of carboxylic acids is 2. The minimum absolute atomic E-state index is 0.183. The summed E-state index contributed by atoms with van der Waals surface area (Å²) in [4.78, 5) is 61.0. The van der Waals surface area contributed by atoms with Crippen molar-refractivity contribution in [2.75, 3.05) is 11.9 Å². The maximum Gasteiger partial charge on any atom is 0.351 e. The maximum atomic E-state index is 12.3. The first-order valence-corrected chi connectivity index (χ1v) is 9.44. The number of aliphatic hydroxyl groups is 2. The highest BCUT2D eigenvalue weighted by Crippen LogP contribution is 2.37. The van der Waals surface area contributed by atoms with Gasteiger partial charge in [0.15, 0.2) is 12.3 Å². The predicted octanol–water partition coefficient (Wildman–Crippen LogP) is -4.05. The molecule has 0 radical (unpaired) electrons. The van der Waals surface area contributed by atoms with Crippen molar-refractivity contribution in [1.29, 1.82) is 0 Å². The monoisotopic (exact) mass is 473 g/mol. The van der Waals surface area contributed by atoms with Crippen LogP contribution in [0.2, 0.25) is 0 Å². The van der Waals surface area contributed by atoms with Gasteiger partial charge in [0, 0.05) is 6.20 Å². The van der Waals surface area contributed by atoms with Gasteiger partial charge >= 0.3 is 23.6 Å². The van der Waals surface area contributed by atoms with Crippen LogP contribution in [0.5, 0.6) is 0 Å². The fourth-order valence-corrected chi connectivity index (χ4v) is 2.67. The second kappa shape index (κ2) is 10.9. The van der Waals surface area contributed by atoms with Crippen LogP contribution in [-0.2, 0) is 28.7 Å². The average molecular weight is 473 g/mol. The van der Waals surface area contributed by atoms with Crippen LogP contribution in [0.25, 0.3) is 0 Å². The number of nitrogens with two attached hydrogens (primary N) is 2. The molecule has 1 aromatic heterocycles. The molecule has 5 unspecified atom stereocenters. The van der Waals surface area contributed by atoms with Gasteiger partial charge in [-0.15, -0.1) is 0 Å². The molecule has 0 saturated carbocycles. The number of amides is 1. The van der Waals surface area contributed by atoms with E-state index < -0.39 is 85.6 Å². The van der Waals surface area contributed by atoms with Crippen LogP contribution in [0.15, 0.2) is 17.1 Å². The number of nitrogens with one attached hydrogen (secondary N) is 1. The van der Waals surface area contributed by atoms with Gasteiger partial charge < -0.3 is 46.7 Å². The molecule has 182 valence electrons. The third-order valence-corrected chi connectivity index (χ3v) is 4.46. The number of anilines is 1. The first kappa shape index (κ1) is 25.8. The largest absolute Gasteiger partial charge is 0.480 e. The topological polar surface area (TPSA) is 270 Å². The third kappa shape index (κ3) is 7.02. The van der Waals surface area contributed by atoms with Crippen LogP contribution in [0.3, 0.4) is 0 Å². The Kier molecular flexibility index (Phi) is 8.55. The fourth-order valence-electron chi connectivity index (χ4n) is 2.67. The van der Waals surface area contributed by atoms with Gasteiger partial charge in [0.1, 0.15) is 30.1 Å². The molecule has 6 atom stereocenters. The smallest absolute Gasteiger partial charge is 0.351 e. The first-order valence-electron chi connectivity index (χ1n) is 9.44. The molecule has 0 bridgehead atoms. The van der Waals surface area contributed by atoms with Crippen molar-refractivity contribution in [1.82, 2.24) is 9.55 Å². The molecular weight excluding hydrogens is 450 g/mol. The van der Waals surface area contributed by atoms with Crippen molar-refractivity contribution in [3.05, 3.63) is 22.7 Å². The predicted molar refractivity (Wildman–Crippen MR) is 104 cm³/mol. The highest BCUT2D eigenvalue weighted by Gasteiger charge is 2.51. The number of epoxide rings is 1. The van der Waals surface area contributed by atoms with Crippen molar-refractivity contribution in [3.8, 4) is 0 Å². The van der Waals surface area contributed by atoms with Crippen LogP contribution < -0.4 is 22.5 Å². The summed E-state index contributed by atoms with van der Waals surface area (Å²) in [6, 6.07) is -1.77. The Labute approximate surface area is 184 Å². The number of hydrogen-bond acceptors (Lipinski definition) is 12. The molecule has 2 rings (SSSR count). The van der Waals surface area contributed by atoms with Crippen molar-refractivity contribution in [2.24, 2.45) is 11.5 Å². The Hall–Kier alpha value is -3.44. The molecule has 1 amide bonds. The van der Waals surface area contributed by atoms with E-state index in [0.717, 1.165) is 4.57 Å². The van der Waals surface area contributed by atoms with Crippen molar-refractivity contribution >= 4 is 29.6 Å². The number of esters is 1. The van der Waals surface area contributed by atoms with E-state index in [1.54, 1.807) is 0 Å². The minimum atomic E-state index is -1.61. The third-order valence-electron chi connectivity index (χ3n) is 4.46. The van der Waals surface area contributed by atoms with Crippen molar-refractivity contribution < 1.29 is 49.1 Å². The summed E-state index contributed by atoms with van der Waals surface area (Å²) < 4.78 is 11.2. The van der Waals surface area contributed by atoms with Crippen molar-refractivity contribution in [3.63, 3.8) is 0 Å². The van der Waals surface area contributed by atoms with E-state index in [2.05, 4.69) is 10.3 Å². The number of rotatable bonds is 12. The zero-order valence-electron chi connectivity index (χ0n) is 16.9. The molecular formula is C17H23N5O11. The lowest BCUT2D eigenvalue weighted by Gasteiger charge is -2.20. The van der Waals surface area contributed by atoms with E-state index in [1.165, 1.54) is 12.3 Å². The summed E-state index contributed by atoms with van der Waals surface area (Å²) in [5.74, 6) is -4.86.